The largest absolute Gasteiger partial charge is 0.493 e. The molecule has 0 heterocycles. The molecular weight excluding hydrogens is 316 g/mol. The molecule has 0 bridgehead atoms. The maximum Gasteiger partial charge on any atom is 0.168 e. The van der Waals surface area contributed by atoms with E-state index in [4.69, 9.17) is 9.47 Å². The highest BCUT2D eigenvalue weighted by Gasteiger charge is 2.10. The third-order valence-corrected chi connectivity index (χ3v) is 4.22. The van der Waals surface area contributed by atoms with E-state index in [0.29, 0.717) is 0 Å². The summed E-state index contributed by atoms with van der Waals surface area (Å²) in [5.41, 5.74) is 1.28. The van der Waals surface area contributed by atoms with Gasteiger partial charge in [0.15, 0.2) is 11.5 Å². The summed E-state index contributed by atoms with van der Waals surface area (Å²) in [6.45, 7) is 0. The van der Waals surface area contributed by atoms with Gasteiger partial charge in [-0.1, -0.05) is 40.2 Å². The smallest absolute Gasteiger partial charge is 0.168 e. The molecule has 0 aliphatic carbocycles. The quantitative estimate of drug-likeness (QED) is 0.502. The Kier molecular flexibility index (Phi) is 3.53. The molecule has 0 aromatic heterocycles. The maximum atomic E-state index is 5.51. The molecule has 3 aromatic carbocycles. The van der Waals surface area contributed by atoms with Crippen LogP contribution in [0.4, 0.5) is 0 Å². The highest BCUT2D eigenvalue weighted by molar-refractivity contribution is 9.08. The summed E-state index contributed by atoms with van der Waals surface area (Å²) in [5, 5.41) is 5.59. The van der Waals surface area contributed by atoms with Gasteiger partial charge in [-0.3, -0.25) is 0 Å². The lowest BCUT2D eigenvalue weighted by molar-refractivity contribution is 0.358. The van der Waals surface area contributed by atoms with Crippen molar-refractivity contribution in [1.82, 2.24) is 0 Å². The number of rotatable bonds is 3. The van der Waals surface area contributed by atoms with Crippen LogP contribution in [0.25, 0.3) is 21.5 Å². The second kappa shape index (κ2) is 5.33. The standard InChI is InChI=1S/C17H15BrO2/c1-19-16-8-7-14-13-5-3-11(10-18)9-12(13)4-6-15(14)17(16)20-2/h3-9H,10H2,1-2H3. The van der Waals surface area contributed by atoms with Gasteiger partial charge in [0.1, 0.15) is 0 Å². The minimum Gasteiger partial charge on any atom is -0.493 e. The van der Waals surface area contributed by atoms with E-state index in [2.05, 4.69) is 52.3 Å². The van der Waals surface area contributed by atoms with Crippen LogP contribution in [0.1, 0.15) is 5.56 Å². The van der Waals surface area contributed by atoms with Crippen LogP contribution in [0.15, 0.2) is 42.5 Å². The fourth-order valence-corrected chi connectivity index (χ4v) is 2.95. The summed E-state index contributed by atoms with van der Waals surface area (Å²) < 4.78 is 10.9. The highest BCUT2D eigenvalue weighted by Crippen LogP contribution is 2.38. The Hall–Kier alpha value is -1.74. The average Bonchev–Trinajstić information content (AvgIpc) is 2.52. The molecule has 0 spiro atoms. The molecule has 0 radical (unpaired) electrons. The van der Waals surface area contributed by atoms with Gasteiger partial charge >= 0.3 is 0 Å². The second-order valence-electron chi connectivity index (χ2n) is 4.65. The Morgan fingerprint density at radius 3 is 2.30 bits per heavy atom. The molecule has 0 aliphatic rings. The number of alkyl halides is 1. The zero-order chi connectivity index (χ0) is 14.1. The topological polar surface area (TPSA) is 18.5 Å². The predicted octanol–water partition coefficient (Wildman–Crippen LogP) is 4.91. The van der Waals surface area contributed by atoms with Gasteiger partial charge in [0.25, 0.3) is 0 Å². The van der Waals surface area contributed by atoms with Crippen molar-refractivity contribution in [3.05, 3.63) is 48.0 Å². The van der Waals surface area contributed by atoms with Gasteiger partial charge in [0.05, 0.1) is 14.2 Å². The zero-order valence-electron chi connectivity index (χ0n) is 11.4. The predicted molar refractivity (Wildman–Crippen MR) is 87.2 cm³/mol. The van der Waals surface area contributed by atoms with Crippen molar-refractivity contribution in [1.29, 1.82) is 0 Å². The lowest BCUT2D eigenvalue weighted by atomic mass is 9.99. The Bertz CT molecular complexity index is 781. The zero-order valence-corrected chi connectivity index (χ0v) is 13.0. The van der Waals surface area contributed by atoms with E-state index in [1.807, 2.05) is 6.07 Å². The molecule has 20 heavy (non-hydrogen) atoms. The Morgan fingerprint density at radius 1 is 0.850 bits per heavy atom. The normalized spacial score (nSPS) is 10.9. The second-order valence-corrected chi connectivity index (χ2v) is 5.21. The van der Waals surface area contributed by atoms with Crippen LogP contribution in [0.3, 0.4) is 0 Å². The van der Waals surface area contributed by atoms with Gasteiger partial charge in [-0.2, -0.15) is 0 Å². The van der Waals surface area contributed by atoms with Crippen molar-refractivity contribution in [2.45, 2.75) is 5.33 Å². The van der Waals surface area contributed by atoms with Gasteiger partial charge < -0.3 is 9.47 Å². The van der Waals surface area contributed by atoms with E-state index in [1.54, 1.807) is 14.2 Å². The van der Waals surface area contributed by atoms with Gasteiger partial charge in [0.2, 0.25) is 0 Å². The summed E-state index contributed by atoms with van der Waals surface area (Å²) in [7, 11) is 3.34. The molecular formula is C17H15BrO2. The van der Waals surface area contributed by atoms with Crippen LogP contribution in [-0.2, 0) is 5.33 Å². The molecule has 0 atom stereocenters. The van der Waals surface area contributed by atoms with Crippen molar-refractivity contribution in [2.24, 2.45) is 0 Å². The van der Waals surface area contributed by atoms with Crippen LogP contribution in [0.5, 0.6) is 11.5 Å². The number of hydrogen-bond donors (Lipinski definition) is 0. The minimum absolute atomic E-state index is 0.761. The van der Waals surface area contributed by atoms with Gasteiger partial charge in [-0.15, -0.1) is 0 Å². The van der Waals surface area contributed by atoms with Crippen molar-refractivity contribution in [3.8, 4) is 11.5 Å². The number of halogens is 1. The van der Waals surface area contributed by atoms with Crippen LogP contribution in [0.2, 0.25) is 0 Å². The molecule has 3 rings (SSSR count). The third-order valence-electron chi connectivity index (χ3n) is 3.57. The van der Waals surface area contributed by atoms with E-state index < -0.39 is 0 Å². The molecule has 0 fully saturated rings. The van der Waals surface area contributed by atoms with E-state index in [1.165, 1.54) is 21.7 Å². The summed E-state index contributed by atoms with van der Waals surface area (Å²) in [6.07, 6.45) is 0. The molecule has 0 aliphatic heterocycles. The summed E-state index contributed by atoms with van der Waals surface area (Å²) >= 11 is 3.50. The fourth-order valence-electron chi connectivity index (χ4n) is 2.60. The average molecular weight is 331 g/mol. The molecule has 0 saturated heterocycles. The highest BCUT2D eigenvalue weighted by atomic mass is 79.9. The molecule has 2 nitrogen and oxygen atoms in total. The van der Waals surface area contributed by atoms with Crippen LogP contribution < -0.4 is 9.47 Å². The summed E-state index contributed by atoms with van der Waals surface area (Å²) in [4.78, 5) is 0. The number of benzene rings is 3. The fraction of sp³-hybridized carbons (Fsp3) is 0.176. The first kappa shape index (κ1) is 13.3. The SMILES string of the molecule is COc1ccc2c(ccc3cc(CBr)ccc32)c1OC. The third kappa shape index (κ3) is 2.02. The first-order valence-electron chi connectivity index (χ1n) is 6.40. The number of hydrogen-bond acceptors (Lipinski definition) is 2. The van der Waals surface area contributed by atoms with E-state index in [0.717, 1.165) is 22.2 Å². The first-order chi connectivity index (χ1) is 9.78. The van der Waals surface area contributed by atoms with Gasteiger partial charge in [-0.05, 0) is 39.9 Å². The summed E-state index contributed by atoms with van der Waals surface area (Å²) in [6, 6.07) is 14.8. The number of fused-ring (bicyclic) bond motifs is 3. The first-order valence-corrected chi connectivity index (χ1v) is 7.53. The van der Waals surface area contributed by atoms with Gasteiger partial charge in [0, 0.05) is 10.7 Å². The van der Waals surface area contributed by atoms with Crippen LogP contribution in [0, 0.1) is 0 Å². The Morgan fingerprint density at radius 2 is 1.60 bits per heavy atom. The van der Waals surface area contributed by atoms with Crippen LogP contribution in [-0.4, -0.2) is 14.2 Å². The molecule has 3 aromatic rings. The number of ether oxygens (including phenoxy) is 2. The molecule has 102 valence electrons. The lowest BCUT2D eigenvalue weighted by Gasteiger charge is -2.12. The van der Waals surface area contributed by atoms with E-state index in [9.17, 15) is 0 Å². The molecule has 0 amide bonds. The van der Waals surface area contributed by atoms with E-state index in [-0.39, 0.29) is 0 Å². The van der Waals surface area contributed by atoms with Crippen molar-refractivity contribution >= 4 is 37.5 Å². The monoisotopic (exact) mass is 330 g/mol. The molecule has 0 saturated carbocycles. The van der Waals surface area contributed by atoms with Crippen LogP contribution >= 0.6 is 15.9 Å². The minimum atomic E-state index is 0.761. The molecule has 0 unspecified atom stereocenters. The van der Waals surface area contributed by atoms with Crippen molar-refractivity contribution in [2.75, 3.05) is 14.2 Å². The van der Waals surface area contributed by atoms with Gasteiger partial charge in [-0.25, -0.2) is 0 Å². The maximum absolute atomic E-state index is 5.51. The Balaban J connectivity index is 2.37. The Labute approximate surface area is 126 Å². The van der Waals surface area contributed by atoms with E-state index >= 15 is 0 Å². The van der Waals surface area contributed by atoms with Crippen molar-refractivity contribution in [3.63, 3.8) is 0 Å². The summed E-state index contributed by atoms with van der Waals surface area (Å²) in [5.74, 6) is 1.55. The van der Waals surface area contributed by atoms with Crippen molar-refractivity contribution < 1.29 is 9.47 Å². The molecule has 3 heteroatoms. The lowest BCUT2D eigenvalue weighted by Crippen LogP contribution is -1.92. The molecule has 0 N–H and O–H groups in total. The number of methoxy groups -OCH3 is 2.